The standard InChI is InChI=1S/C10H19N3S/c1-8(2)10-12-9(7-14-10)6-13(3)5-4-11/h7-8H,4-6,11H2,1-3H3. The van der Waals surface area contributed by atoms with Crippen molar-refractivity contribution < 1.29 is 0 Å². The maximum absolute atomic E-state index is 5.48. The van der Waals surface area contributed by atoms with Crippen LogP contribution < -0.4 is 5.73 Å². The normalized spacial score (nSPS) is 11.6. The summed E-state index contributed by atoms with van der Waals surface area (Å²) >= 11 is 1.75. The van der Waals surface area contributed by atoms with Gasteiger partial charge in [-0.25, -0.2) is 4.98 Å². The Labute approximate surface area is 89.9 Å². The Kier molecular flexibility index (Phi) is 4.51. The average molecular weight is 213 g/mol. The van der Waals surface area contributed by atoms with E-state index >= 15 is 0 Å². The number of rotatable bonds is 5. The van der Waals surface area contributed by atoms with Crippen molar-refractivity contribution in [1.82, 2.24) is 9.88 Å². The Bertz CT molecular complexity index is 270. The Morgan fingerprint density at radius 3 is 2.79 bits per heavy atom. The molecule has 1 aromatic rings. The average Bonchev–Trinajstić information content (AvgIpc) is 2.53. The van der Waals surface area contributed by atoms with Crippen LogP contribution in [0.2, 0.25) is 0 Å². The molecule has 14 heavy (non-hydrogen) atoms. The summed E-state index contributed by atoms with van der Waals surface area (Å²) in [5.41, 5.74) is 6.64. The molecule has 0 fully saturated rings. The second-order valence-corrected chi connectivity index (χ2v) is 4.75. The smallest absolute Gasteiger partial charge is 0.0954 e. The van der Waals surface area contributed by atoms with Crippen LogP contribution in [0.15, 0.2) is 5.38 Å². The van der Waals surface area contributed by atoms with Crippen LogP contribution in [0.1, 0.15) is 30.5 Å². The zero-order chi connectivity index (χ0) is 10.6. The fraction of sp³-hybridized carbons (Fsp3) is 0.700. The lowest BCUT2D eigenvalue weighted by atomic mass is 10.2. The van der Waals surface area contributed by atoms with Crippen LogP contribution in [0.4, 0.5) is 0 Å². The van der Waals surface area contributed by atoms with Gasteiger partial charge < -0.3 is 5.73 Å². The highest BCUT2D eigenvalue weighted by Crippen LogP contribution is 2.19. The molecule has 0 aliphatic heterocycles. The van der Waals surface area contributed by atoms with E-state index in [0.29, 0.717) is 12.5 Å². The Hall–Kier alpha value is -0.450. The van der Waals surface area contributed by atoms with E-state index in [4.69, 9.17) is 5.73 Å². The highest BCUT2D eigenvalue weighted by Gasteiger charge is 2.07. The predicted molar refractivity (Wildman–Crippen MR) is 61.6 cm³/mol. The molecule has 0 aliphatic rings. The van der Waals surface area contributed by atoms with Crippen molar-refractivity contribution in [3.05, 3.63) is 16.1 Å². The van der Waals surface area contributed by atoms with Gasteiger partial charge >= 0.3 is 0 Å². The molecule has 1 aromatic heterocycles. The topological polar surface area (TPSA) is 42.2 Å². The van der Waals surface area contributed by atoms with Crippen molar-refractivity contribution in [2.45, 2.75) is 26.3 Å². The van der Waals surface area contributed by atoms with Crippen LogP contribution in [0.3, 0.4) is 0 Å². The summed E-state index contributed by atoms with van der Waals surface area (Å²) < 4.78 is 0. The fourth-order valence-electron chi connectivity index (χ4n) is 1.24. The second kappa shape index (κ2) is 5.44. The van der Waals surface area contributed by atoms with Crippen molar-refractivity contribution >= 4 is 11.3 Å². The van der Waals surface area contributed by atoms with E-state index in [2.05, 4.69) is 36.2 Å². The number of thiazole rings is 1. The summed E-state index contributed by atoms with van der Waals surface area (Å²) in [4.78, 5) is 6.76. The number of hydrogen-bond acceptors (Lipinski definition) is 4. The molecule has 2 N–H and O–H groups in total. The zero-order valence-electron chi connectivity index (χ0n) is 9.16. The van der Waals surface area contributed by atoms with Gasteiger partial charge in [-0.05, 0) is 7.05 Å². The Balaban J connectivity index is 2.51. The van der Waals surface area contributed by atoms with Crippen LogP contribution >= 0.6 is 11.3 Å². The van der Waals surface area contributed by atoms with Gasteiger partial charge in [0.2, 0.25) is 0 Å². The number of aromatic nitrogens is 1. The molecule has 0 spiro atoms. The minimum atomic E-state index is 0.536. The molecule has 0 aliphatic carbocycles. The molecule has 80 valence electrons. The molecule has 0 radical (unpaired) electrons. The largest absolute Gasteiger partial charge is 0.329 e. The van der Waals surface area contributed by atoms with Crippen LogP contribution in [0.5, 0.6) is 0 Å². The minimum absolute atomic E-state index is 0.536. The first kappa shape index (κ1) is 11.6. The van der Waals surface area contributed by atoms with Gasteiger partial charge in [-0.1, -0.05) is 13.8 Å². The van der Waals surface area contributed by atoms with Crippen molar-refractivity contribution in [3.63, 3.8) is 0 Å². The highest BCUT2D eigenvalue weighted by molar-refractivity contribution is 7.09. The van der Waals surface area contributed by atoms with Crippen molar-refractivity contribution in [2.24, 2.45) is 5.73 Å². The first-order chi connectivity index (χ1) is 6.63. The lowest BCUT2D eigenvalue weighted by Crippen LogP contribution is -2.25. The van der Waals surface area contributed by atoms with Crippen molar-refractivity contribution in [3.8, 4) is 0 Å². The molecule has 3 nitrogen and oxygen atoms in total. The van der Waals surface area contributed by atoms with Crippen LogP contribution in [-0.2, 0) is 6.54 Å². The molecule has 1 heterocycles. The third-order valence-electron chi connectivity index (χ3n) is 2.01. The Morgan fingerprint density at radius 2 is 2.29 bits per heavy atom. The number of likely N-dealkylation sites (N-methyl/N-ethyl adjacent to an activating group) is 1. The fourth-order valence-corrected chi connectivity index (χ4v) is 2.06. The summed E-state index contributed by atoms with van der Waals surface area (Å²) in [6.45, 7) is 6.88. The van der Waals surface area contributed by atoms with Crippen LogP contribution in [0, 0.1) is 0 Å². The van der Waals surface area contributed by atoms with E-state index in [9.17, 15) is 0 Å². The molecular weight excluding hydrogens is 194 g/mol. The molecule has 0 bridgehead atoms. The number of nitrogens with zero attached hydrogens (tertiary/aromatic N) is 2. The van der Waals surface area contributed by atoms with Gasteiger partial charge in [-0.15, -0.1) is 11.3 Å². The van der Waals surface area contributed by atoms with E-state index in [0.717, 1.165) is 18.8 Å². The Morgan fingerprint density at radius 1 is 1.57 bits per heavy atom. The van der Waals surface area contributed by atoms with Crippen molar-refractivity contribution in [2.75, 3.05) is 20.1 Å². The first-order valence-corrected chi connectivity index (χ1v) is 5.84. The summed E-state index contributed by atoms with van der Waals surface area (Å²) in [6.07, 6.45) is 0. The van der Waals surface area contributed by atoms with Gasteiger partial charge in [0.25, 0.3) is 0 Å². The van der Waals surface area contributed by atoms with E-state index in [-0.39, 0.29) is 0 Å². The maximum Gasteiger partial charge on any atom is 0.0954 e. The summed E-state index contributed by atoms with van der Waals surface area (Å²) in [6, 6.07) is 0. The molecule has 0 saturated heterocycles. The molecular formula is C10H19N3S. The van der Waals surface area contributed by atoms with Gasteiger partial charge in [0.1, 0.15) is 0 Å². The number of nitrogens with two attached hydrogens (primary N) is 1. The molecule has 0 amide bonds. The van der Waals surface area contributed by atoms with Crippen molar-refractivity contribution in [1.29, 1.82) is 0 Å². The predicted octanol–water partition coefficient (Wildman–Crippen LogP) is 1.66. The summed E-state index contributed by atoms with van der Waals surface area (Å²) in [7, 11) is 2.07. The van der Waals surface area contributed by atoms with Gasteiger partial charge in [0, 0.05) is 30.9 Å². The number of hydrogen-bond donors (Lipinski definition) is 1. The van der Waals surface area contributed by atoms with Crippen LogP contribution in [-0.4, -0.2) is 30.0 Å². The van der Waals surface area contributed by atoms with Gasteiger partial charge in [-0.2, -0.15) is 0 Å². The third kappa shape index (κ3) is 3.36. The molecule has 0 saturated carbocycles. The van der Waals surface area contributed by atoms with E-state index in [1.165, 1.54) is 5.01 Å². The van der Waals surface area contributed by atoms with Crippen LogP contribution in [0.25, 0.3) is 0 Å². The lowest BCUT2D eigenvalue weighted by Gasteiger charge is -2.13. The summed E-state index contributed by atoms with van der Waals surface area (Å²) in [5, 5.41) is 3.36. The summed E-state index contributed by atoms with van der Waals surface area (Å²) in [5.74, 6) is 0.536. The van der Waals surface area contributed by atoms with E-state index in [1.54, 1.807) is 11.3 Å². The van der Waals surface area contributed by atoms with E-state index in [1.807, 2.05) is 0 Å². The monoisotopic (exact) mass is 213 g/mol. The molecule has 4 heteroatoms. The minimum Gasteiger partial charge on any atom is -0.329 e. The zero-order valence-corrected chi connectivity index (χ0v) is 9.97. The quantitative estimate of drug-likeness (QED) is 0.809. The lowest BCUT2D eigenvalue weighted by molar-refractivity contribution is 0.332. The highest BCUT2D eigenvalue weighted by atomic mass is 32.1. The SMILES string of the molecule is CC(C)c1nc(CN(C)CCN)cs1. The molecule has 0 unspecified atom stereocenters. The van der Waals surface area contributed by atoms with Gasteiger partial charge in [-0.3, -0.25) is 4.90 Å². The molecule has 0 aromatic carbocycles. The third-order valence-corrected chi connectivity index (χ3v) is 3.20. The molecule has 1 rings (SSSR count). The second-order valence-electron chi connectivity index (χ2n) is 3.86. The molecule has 0 atom stereocenters. The maximum atomic E-state index is 5.48. The van der Waals surface area contributed by atoms with Gasteiger partial charge in [0.05, 0.1) is 10.7 Å². The first-order valence-electron chi connectivity index (χ1n) is 4.96. The van der Waals surface area contributed by atoms with E-state index < -0.39 is 0 Å². The van der Waals surface area contributed by atoms with Gasteiger partial charge in [0.15, 0.2) is 0 Å².